The van der Waals surface area contributed by atoms with Crippen LogP contribution in [0.1, 0.15) is 16.1 Å². The molecule has 3 N–H and O–H groups in total. The van der Waals surface area contributed by atoms with Crippen molar-refractivity contribution in [2.45, 2.75) is 6.92 Å². The Morgan fingerprint density at radius 1 is 1.03 bits per heavy atom. The maximum Gasteiger partial charge on any atom is 0.353 e. The van der Waals surface area contributed by atoms with Gasteiger partial charge in [0.25, 0.3) is 0 Å². The van der Waals surface area contributed by atoms with Gasteiger partial charge in [-0.3, -0.25) is 4.98 Å². The number of imidazole rings is 2. The lowest BCUT2D eigenvalue weighted by Crippen LogP contribution is -2.08. The van der Waals surface area contributed by atoms with Crippen LogP contribution in [-0.2, 0) is 7.05 Å². The predicted octanol–water partition coefficient (Wildman–Crippen LogP) is 5.46. The number of nitrogens with zero attached hydrogens (tertiary/aromatic N) is 4. The molecule has 0 aliphatic rings. The lowest BCUT2D eigenvalue weighted by atomic mass is 10.1. The molecular formula is C24H16F4N6O3. The Morgan fingerprint density at radius 3 is 2.51 bits per heavy atom. The minimum atomic E-state index is -1.79. The van der Waals surface area contributed by atoms with Crippen molar-refractivity contribution in [3.05, 3.63) is 77.3 Å². The first-order chi connectivity index (χ1) is 17.6. The van der Waals surface area contributed by atoms with Gasteiger partial charge in [-0.25, -0.2) is 32.3 Å². The van der Waals surface area contributed by atoms with E-state index in [1.165, 1.54) is 17.0 Å². The Kier molecular flexibility index (Phi) is 5.74. The number of H-pyrrole nitrogens is 1. The van der Waals surface area contributed by atoms with E-state index in [2.05, 4.69) is 25.3 Å². The number of carboxylic acid groups (broad SMARTS) is 1. The molecule has 3 aromatic heterocycles. The summed E-state index contributed by atoms with van der Waals surface area (Å²) in [6.45, 7) is 0.998. The van der Waals surface area contributed by atoms with Crippen molar-refractivity contribution >= 4 is 28.6 Å². The highest BCUT2D eigenvalue weighted by atomic mass is 19.2. The number of anilines is 2. The topological polar surface area (TPSA) is 118 Å². The quantitative estimate of drug-likeness (QED) is 0.157. The molecule has 0 bridgehead atoms. The van der Waals surface area contributed by atoms with E-state index in [-0.39, 0.29) is 17.5 Å². The standard InChI is InChI=1S/C24H16F4N6O3/c1-10-17(25)19(27)20(28)21(18(10)26)33-24-32-13-7-11(3-4-16(13)34(24)2)37-12-5-6-29-14(8-12)22-30-9-15(31-22)23(35)36/h3-9H,1-2H3,(H,30,31)(H,32,33)(H,35,36). The van der Waals surface area contributed by atoms with Crippen molar-refractivity contribution in [3.63, 3.8) is 0 Å². The monoisotopic (exact) mass is 512 g/mol. The third-order valence-electron chi connectivity index (χ3n) is 5.59. The summed E-state index contributed by atoms with van der Waals surface area (Å²) in [6, 6.07) is 7.99. The smallest absolute Gasteiger partial charge is 0.353 e. The van der Waals surface area contributed by atoms with Crippen LogP contribution in [0.2, 0.25) is 0 Å². The lowest BCUT2D eigenvalue weighted by molar-refractivity contribution is 0.0691. The van der Waals surface area contributed by atoms with Crippen molar-refractivity contribution in [1.82, 2.24) is 24.5 Å². The second-order valence-corrected chi connectivity index (χ2v) is 7.96. The number of fused-ring (bicyclic) bond motifs is 1. The second kappa shape index (κ2) is 8.93. The second-order valence-electron chi connectivity index (χ2n) is 7.96. The predicted molar refractivity (Wildman–Crippen MR) is 124 cm³/mol. The highest BCUT2D eigenvalue weighted by Gasteiger charge is 2.24. The molecule has 0 radical (unpaired) electrons. The summed E-state index contributed by atoms with van der Waals surface area (Å²) in [4.78, 5) is 26.2. The number of rotatable bonds is 6. The maximum absolute atomic E-state index is 14.5. The SMILES string of the molecule is Cc1c(F)c(F)c(F)c(Nc2nc3cc(Oc4ccnc(-c5ncc(C(=O)O)[nH]5)c4)ccc3n2C)c1F. The van der Waals surface area contributed by atoms with Crippen LogP contribution in [0.4, 0.5) is 29.2 Å². The zero-order chi connectivity index (χ0) is 26.4. The molecule has 0 amide bonds. The van der Waals surface area contributed by atoms with Gasteiger partial charge in [0.15, 0.2) is 29.1 Å². The van der Waals surface area contributed by atoms with Gasteiger partial charge in [-0.2, -0.15) is 0 Å². The third-order valence-corrected chi connectivity index (χ3v) is 5.59. The molecule has 13 heteroatoms. The number of ether oxygens (including phenoxy) is 1. The molecule has 9 nitrogen and oxygen atoms in total. The number of carboxylic acids is 1. The van der Waals surface area contributed by atoms with Crippen molar-refractivity contribution < 1.29 is 32.2 Å². The average molecular weight is 512 g/mol. The molecule has 0 aliphatic heterocycles. The number of halogens is 4. The first-order valence-electron chi connectivity index (χ1n) is 10.6. The van der Waals surface area contributed by atoms with E-state index in [4.69, 9.17) is 9.84 Å². The average Bonchev–Trinajstić information content (AvgIpc) is 3.50. The third kappa shape index (κ3) is 4.20. The summed E-state index contributed by atoms with van der Waals surface area (Å²) in [5.74, 6) is -6.56. The van der Waals surface area contributed by atoms with Crippen molar-refractivity contribution in [2.75, 3.05) is 5.32 Å². The summed E-state index contributed by atoms with van der Waals surface area (Å²) < 4.78 is 63.6. The number of hydrogen-bond donors (Lipinski definition) is 3. The molecule has 0 unspecified atom stereocenters. The zero-order valence-corrected chi connectivity index (χ0v) is 19.1. The molecule has 0 saturated heterocycles. The van der Waals surface area contributed by atoms with Gasteiger partial charge in [0.2, 0.25) is 5.95 Å². The molecule has 188 valence electrons. The summed E-state index contributed by atoms with van der Waals surface area (Å²) in [5.41, 5.74) is -0.329. The number of aromatic nitrogens is 5. The Balaban J connectivity index is 1.43. The number of pyridine rings is 1. The lowest BCUT2D eigenvalue weighted by Gasteiger charge is -2.11. The van der Waals surface area contributed by atoms with Crippen LogP contribution in [0, 0.1) is 30.2 Å². The summed E-state index contributed by atoms with van der Waals surface area (Å²) >= 11 is 0. The largest absolute Gasteiger partial charge is 0.477 e. The first-order valence-corrected chi connectivity index (χ1v) is 10.6. The fourth-order valence-electron chi connectivity index (χ4n) is 3.63. The van der Waals surface area contributed by atoms with E-state index in [1.54, 1.807) is 37.4 Å². The van der Waals surface area contributed by atoms with Crippen LogP contribution >= 0.6 is 0 Å². The van der Waals surface area contributed by atoms with Gasteiger partial charge in [0.1, 0.15) is 28.6 Å². The van der Waals surface area contributed by atoms with E-state index >= 15 is 0 Å². The number of carbonyl (C=O) groups is 1. The van der Waals surface area contributed by atoms with Crippen molar-refractivity contribution in [1.29, 1.82) is 0 Å². The van der Waals surface area contributed by atoms with Gasteiger partial charge in [0, 0.05) is 30.9 Å². The number of benzene rings is 2. The molecule has 0 fully saturated rings. The number of aryl methyl sites for hydroxylation is 1. The minimum Gasteiger partial charge on any atom is -0.477 e. The molecule has 0 atom stereocenters. The van der Waals surface area contributed by atoms with Crippen LogP contribution in [0.25, 0.3) is 22.6 Å². The molecule has 0 spiro atoms. The Labute approximate surface area is 205 Å². The fraction of sp³-hybridized carbons (Fsp3) is 0.0833. The highest BCUT2D eigenvalue weighted by molar-refractivity contribution is 5.85. The first kappa shape index (κ1) is 23.8. The molecule has 3 heterocycles. The Bertz CT molecular complexity index is 1670. The molecule has 0 aliphatic carbocycles. The number of hydrogen-bond acceptors (Lipinski definition) is 6. The van der Waals surface area contributed by atoms with Gasteiger partial charge in [0.05, 0.1) is 17.2 Å². The molecule has 37 heavy (non-hydrogen) atoms. The van der Waals surface area contributed by atoms with E-state index < -0.39 is 40.5 Å². The van der Waals surface area contributed by atoms with Crippen molar-refractivity contribution in [2.24, 2.45) is 7.05 Å². The fourth-order valence-corrected chi connectivity index (χ4v) is 3.63. The molecule has 0 saturated carbocycles. The summed E-state index contributed by atoms with van der Waals surface area (Å²) in [7, 11) is 1.57. The van der Waals surface area contributed by atoms with E-state index in [1.807, 2.05) is 0 Å². The zero-order valence-electron chi connectivity index (χ0n) is 19.1. The summed E-state index contributed by atoms with van der Waals surface area (Å²) in [6.07, 6.45) is 2.63. The molecular weight excluding hydrogens is 496 g/mol. The summed E-state index contributed by atoms with van der Waals surface area (Å²) in [5, 5.41) is 11.5. The minimum absolute atomic E-state index is 0.0198. The van der Waals surface area contributed by atoms with Crippen LogP contribution in [0.3, 0.4) is 0 Å². The Morgan fingerprint density at radius 2 is 1.78 bits per heavy atom. The Hall–Kier alpha value is -4.94. The van der Waals surface area contributed by atoms with Crippen LogP contribution < -0.4 is 10.1 Å². The van der Waals surface area contributed by atoms with Gasteiger partial charge in [-0.1, -0.05) is 0 Å². The van der Waals surface area contributed by atoms with Gasteiger partial charge in [-0.15, -0.1) is 0 Å². The highest BCUT2D eigenvalue weighted by Crippen LogP contribution is 2.32. The molecule has 2 aromatic carbocycles. The normalized spacial score (nSPS) is 11.2. The number of aromatic carboxylic acids is 1. The molecule has 5 rings (SSSR count). The van der Waals surface area contributed by atoms with E-state index in [0.29, 0.717) is 28.2 Å². The number of nitrogens with one attached hydrogen (secondary N) is 2. The molecule has 5 aromatic rings. The van der Waals surface area contributed by atoms with Crippen LogP contribution in [0.5, 0.6) is 11.5 Å². The number of aromatic amines is 1. The van der Waals surface area contributed by atoms with Gasteiger partial charge in [-0.05, 0) is 25.1 Å². The van der Waals surface area contributed by atoms with Crippen LogP contribution in [-0.4, -0.2) is 35.6 Å². The van der Waals surface area contributed by atoms with E-state index in [9.17, 15) is 22.4 Å². The van der Waals surface area contributed by atoms with Crippen LogP contribution in [0.15, 0.2) is 42.7 Å². The van der Waals surface area contributed by atoms with Gasteiger partial charge < -0.3 is 24.7 Å². The van der Waals surface area contributed by atoms with Crippen molar-refractivity contribution in [3.8, 4) is 23.0 Å². The van der Waals surface area contributed by atoms with E-state index in [0.717, 1.165) is 6.92 Å². The maximum atomic E-state index is 14.5. The van der Waals surface area contributed by atoms with Gasteiger partial charge >= 0.3 is 5.97 Å².